The lowest BCUT2D eigenvalue weighted by Crippen LogP contribution is -1.76. The number of hydrogen-bond acceptors (Lipinski definition) is 3. The van der Waals surface area contributed by atoms with Crippen molar-refractivity contribution in [2.75, 3.05) is 0 Å². The van der Waals surface area contributed by atoms with E-state index in [1.54, 1.807) is 6.07 Å². The minimum Gasteiger partial charge on any atom is -0.267 e. The van der Waals surface area contributed by atoms with Crippen LogP contribution in [0.25, 0.3) is 0 Å². The number of hydrogen-bond donors (Lipinski definition) is 1. The van der Waals surface area contributed by atoms with Gasteiger partial charge in [-0.05, 0) is 5.92 Å². The van der Waals surface area contributed by atoms with Crippen LogP contribution in [-0.2, 0) is 0 Å². The van der Waals surface area contributed by atoms with E-state index >= 15 is 0 Å². The van der Waals surface area contributed by atoms with Gasteiger partial charge >= 0.3 is 0 Å². The second-order valence-electron chi connectivity index (χ2n) is 1.63. The number of nitriles is 2. The van der Waals surface area contributed by atoms with Gasteiger partial charge < -0.3 is 0 Å². The molecule has 1 heterocycles. The van der Waals surface area contributed by atoms with Crippen molar-refractivity contribution in [1.29, 1.82) is 10.5 Å². The third-order valence-electron chi connectivity index (χ3n) is 1.00. The minimum absolute atomic E-state index is 0.285. The number of aromatic amines is 1. The van der Waals surface area contributed by atoms with E-state index in [2.05, 4.69) is 22.0 Å². The van der Waals surface area contributed by atoms with Crippen LogP contribution in [0.2, 0.25) is 0 Å². The predicted octanol–water partition coefficient (Wildman–Crippen LogP) is 0.156. The molecule has 4 heteroatoms. The highest BCUT2D eigenvalue weighted by molar-refractivity contribution is 5.44. The van der Waals surface area contributed by atoms with Crippen molar-refractivity contribution in [3.05, 3.63) is 17.5 Å². The molecule has 0 aromatic carbocycles. The third-order valence-corrected chi connectivity index (χ3v) is 1.00. The van der Waals surface area contributed by atoms with E-state index in [1.165, 1.54) is 6.20 Å². The van der Waals surface area contributed by atoms with Crippen LogP contribution in [0.5, 0.6) is 0 Å². The Hall–Kier alpha value is -2.25. The Labute approximate surface area is 63.1 Å². The smallest absolute Gasteiger partial charge is 0.152 e. The number of H-pyrrole nitrogens is 1. The van der Waals surface area contributed by atoms with E-state index in [1.807, 2.05) is 6.07 Å². The lowest BCUT2D eigenvalue weighted by Gasteiger charge is -1.76. The largest absolute Gasteiger partial charge is 0.267 e. The van der Waals surface area contributed by atoms with Crippen LogP contribution in [0.1, 0.15) is 11.3 Å². The second-order valence-corrected chi connectivity index (χ2v) is 1.63. The summed E-state index contributed by atoms with van der Waals surface area (Å²) in [5.41, 5.74) is 0.738. The molecule has 11 heavy (non-hydrogen) atoms. The van der Waals surface area contributed by atoms with Crippen molar-refractivity contribution >= 4 is 0 Å². The zero-order chi connectivity index (χ0) is 8.10. The van der Waals surface area contributed by atoms with Gasteiger partial charge in [0.15, 0.2) is 11.8 Å². The second kappa shape index (κ2) is 3.06. The molecule has 4 nitrogen and oxygen atoms in total. The maximum absolute atomic E-state index is 8.43. The molecule has 0 fully saturated rings. The summed E-state index contributed by atoms with van der Waals surface area (Å²) in [5.74, 6) is 4.64. The first-order valence-electron chi connectivity index (χ1n) is 2.72. The molecule has 50 valence electrons. The summed E-state index contributed by atoms with van der Waals surface area (Å²) >= 11 is 0. The summed E-state index contributed by atoms with van der Waals surface area (Å²) in [6.45, 7) is 0. The summed E-state index contributed by atoms with van der Waals surface area (Å²) < 4.78 is 0. The van der Waals surface area contributed by atoms with Crippen molar-refractivity contribution in [3.8, 4) is 24.0 Å². The molecule has 0 spiro atoms. The zero-order valence-electron chi connectivity index (χ0n) is 5.42. The summed E-state index contributed by atoms with van der Waals surface area (Å²) in [6, 6.07) is 3.50. The van der Waals surface area contributed by atoms with Crippen LogP contribution in [0.3, 0.4) is 0 Å². The van der Waals surface area contributed by atoms with Gasteiger partial charge in [-0.25, -0.2) is 0 Å². The molecule has 0 aliphatic carbocycles. The maximum Gasteiger partial charge on any atom is 0.152 e. The lowest BCUT2D eigenvalue weighted by molar-refractivity contribution is 1.07. The van der Waals surface area contributed by atoms with E-state index in [9.17, 15) is 0 Å². The Kier molecular flexibility index (Phi) is 1.91. The Balaban J connectivity index is 3.08. The fourth-order valence-electron chi connectivity index (χ4n) is 0.561. The van der Waals surface area contributed by atoms with Crippen LogP contribution in [-0.4, -0.2) is 10.2 Å². The average molecular weight is 142 g/mol. The SMILES string of the molecule is N#CC#Cc1cn[nH]c1C#N. The molecule has 1 aromatic rings. The van der Waals surface area contributed by atoms with Crippen LogP contribution in [0.15, 0.2) is 6.20 Å². The van der Waals surface area contributed by atoms with E-state index in [0.717, 1.165) is 0 Å². The Morgan fingerprint density at radius 1 is 1.45 bits per heavy atom. The van der Waals surface area contributed by atoms with Gasteiger partial charge in [0.05, 0.1) is 11.8 Å². The van der Waals surface area contributed by atoms with Crippen molar-refractivity contribution in [3.63, 3.8) is 0 Å². The standard InChI is InChI=1S/C7H2N4/c8-3-1-2-6-5-10-11-7(6)4-9/h5H,(H,10,11). The van der Waals surface area contributed by atoms with Gasteiger partial charge in [0, 0.05) is 5.92 Å². The molecule has 0 atom stereocenters. The van der Waals surface area contributed by atoms with Gasteiger partial charge in [0.1, 0.15) is 6.07 Å². The van der Waals surface area contributed by atoms with E-state index in [-0.39, 0.29) is 5.69 Å². The van der Waals surface area contributed by atoms with Gasteiger partial charge in [-0.1, -0.05) is 0 Å². The molecule has 1 aromatic heterocycles. The van der Waals surface area contributed by atoms with E-state index in [0.29, 0.717) is 5.56 Å². The van der Waals surface area contributed by atoms with Gasteiger partial charge in [0.25, 0.3) is 0 Å². The summed E-state index contributed by atoms with van der Waals surface area (Å²) in [4.78, 5) is 0. The molecule has 0 saturated heterocycles. The predicted molar refractivity (Wildman–Crippen MR) is 35.8 cm³/mol. The van der Waals surface area contributed by atoms with Gasteiger partial charge in [-0.2, -0.15) is 15.6 Å². The molecule has 0 saturated carbocycles. The van der Waals surface area contributed by atoms with Gasteiger partial charge in [-0.3, -0.25) is 5.10 Å². The Morgan fingerprint density at radius 3 is 2.91 bits per heavy atom. The monoisotopic (exact) mass is 142 g/mol. The maximum atomic E-state index is 8.43. The normalized spacial score (nSPS) is 7.09. The summed E-state index contributed by atoms with van der Waals surface area (Å²) in [7, 11) is 0. The first kappa shape index (κ1) is 6.86. The third kappa shape index (κ3) is 1.36. The fourth-order valence-corrected chi connectivity index (χ4v) is 0.561. The highest BCUT2D eigenvalue weighted by Crippen LogP contribution is 1.98. The molecule has 0 unspecified atom stereocenters. The number of nitrogens with one attached hydrogen (secondary N) is 1. The van der Waals surface area contributed by atoms with Crippen LogP contribution in [0.4, 0.5) is 0 Å². The fraction of sp³-hybridized carbons (Fsp3) is 0. The lowest BCUT2D eigenvalue weighted by atomic mass is 10.3. The van der Waals surface area contributed by atoms with Crippen LogP contribution >= 0.6 is 0 Å². The van der Waals surface area contributed by atoms with Crippen molar-refractivity contribution < 1.29 is 0 Å². The summed E-state index contributed by atoms with van der Waals surface area (Å²) in [6.07, 6.45) is 1.41. The molecule has 1 rings (SSSR count). The quantitative estimate of drug-likeness (QED) is 0.524. The van der Waals surface area contributed by atoms with Gasteiger partial charge in [0.2, 0.25) is 0 Å². The molecule has 0 aliphatic rings. The highest BCUT2D eigenvalue weighted by Gasteiger charge is 1.98. The number of rotatable bonds is 0. The van der Waals surface area contributed by atoms with Gasteiger partial charge in [-0.15, -0.1) is 0 Å². The Bertz CT molecular complexity index is 391. The van der Waals surface area contributed by atoms with E-state index < -0.39 is 0 Å². The van der Waals surface area contributed by atoms with Crippen LogP contribution in [0, 0.1) is 34.5 Å². The topological polar surface area (TPSA) is 76.3 Å². The van der Waals surface area contributed by atoms with Crippen molar-refractivity contribution in [2.45, 2.75) is 0 Å². The molecule has 1 N–H and O–H groups in total. The highest BCUT2D eigenvalue weighted by atomic mass is 15.1. The van der Waals surface area contributed by atoms with E-state index in [4.69, 9.17) is 10.5 Å². The zero-order valence-corrected chi connectivity index (χ0v) is 5.42. The molecule has 0 bridgehead atoms. The minimum atomic E-state index is 0.285. The van der Waals surface area contributed by atoms with Crippen molar-refractivity contribution in [1.82, 2.24) is 10.2 Å². The molecular formula is C7H2N4. The summed E-state index contributed by atoms with van der Waals surface area (Å²) in [5, 5.41) is 22.6. The first-order valence-corrected chi connectivity index (χ1v) is 2.72. The molecular weight excluding hydrogens is 140 g/mol. The molecule has 0 radical (unpaired) electrons. The van der Waals surface area contributed by atoms with Crippen molar-refractivity contribution in [2.24, 2.45) is 0 Å². The number of nitrogens with zero attached hydrogens (tertiary/aromatic N) is 3. The first-order chi connectivity index (χ1) is 5.38. The Morgan fingerprint density at radius 2 is 2.27 bits per heavy atom. The average Bonchev–Trinajstić information content (AvgIpc) is 2.47. The van der Waals surface area contributed by atoms with Crippen LogP contribution < -0.4 is 0 Å². The molecule has 0 amide bonds. The molecule has 0 aliphatic heterocycles. The number of aromatic nitrogens is 2.